The molecule has 1 amide bonds. The molecule has 4 nitrogen and oxygen atoms in total. The first-order valence-corrected chi connectivity index (χ1v) is 10.2. The minimum atomic E-state index is -0.00799. The van der Waals surface area contributed by atoms with Crippen molar-refractivity contribution in [1.29, 1.82) is 0 Å². The first-order chi connectivity index (χ1) is 12.2. The van der Waals surface area contributed by atoms with Crippen LogP contribution < -0.4 is 10.2 Å². The highest BCUT2D eigenvalue weighted by molar-refractivity contribution is 5.92. The number of rotatable bonds is 3. The molecule has 1 saturated heterocycles. The second kappa shape index (κ2) is 6.24. The van der Waals surface area contributed by atoms with Crippen molar-refractivity contribution < 1.29 is 4.79 Å². The smallest absolute Gasteiger partial charge is 0.224 e. The third-order valence-electron chi connectivity index (χ3n) is 6.80. The van der Waals surface area contributed by atoms with E-state index >= 15 is 0 Å². The van der Waals surface area contributed by atoms with Gasteiger partial charge in [-0.25, -0.2) is 4.98 Å². The minimum Gasteiger partial charge on any atom is -0.356 e. The second-order valence-corrected chi connectivity index (χ2v) is 10.1. The number of nitrogens with one attached hydrogen (secondary N) is 1. The van der Waals surface area contributed by atoms with E-state index in [1.54, 1.807) is 0 Å². The van der Waals surface area contributed by atoms with Crippen LogP contribution in [0, 0.1) is 42.9 Å². The fraction of sp³-hybridized carbons (Fsp3) is 0.727. The van der Waals surface area contributed by atoms with Gasteiger partial charge < -0.3 is 10.2 Å². The highest BCUT2D eigenvalue weighted by Crippen LogP contribution is 2.55. The molecule has 26 heavy (non-hydrogen) atoms. The van der Waals surface area contributed by atoms with Crippen LogP contribution in [-0.4, -0.2) is 24.0 Å². The fourth-order valence-corrected chi connectivity index (χ4v) is 5.70. The lowest BCUT2D eigenvalue weighted by atomic mass is 9.82. The molecule has 3 fully saturated rings. The number of nitrogens with zero attached hydrogens (tertiary/aromatic N) is 2. The number of aryl methyl sites for hydroxylation is 2. The largest absolute Gasteiger partial charge is 0.356 e. The fourth-order valence-electron chi connectivity index (χ4n) is 5.70. The van der Waals surface area contributed by atoms with Gasteiger partial charge in [-0.05, 0) is 73.8 Å². The summed E-state index contributed by atoms with van der Waals surface area (Å²) in [5.41, 5.74) is 2.94. The molecule has 1 aliphatic heterocycles. The van der Waals surface area contributed by atoms with Crippen LogP contribution in [0.4, 0.5) is 11.5 Å². The van der Waals surface area contributed by atoms with E-state index in [-0.39, 0.29) is 11.3 Å². The Bertz CT molecular complexity index is 680. The maximum absolute atomic E-state index is 12.3. The Labute approximate surface area is 157 Å². The van der Waals surface area contributed by atoms with E-state index in [0.717, 1.165) is 46.4 Å². The molecule has 1 N–H and O–H groups in total. The zero-order valence-electron chi connectivity index (χ0n) is 16.9. The molecule has 0 radical (unpaired) electrons. The lowest BCUT2D eigenvalue weighted by Gasteiger charge is -2.23. The summed E-state index contributed by atoms with van der Waals surface area (Å²) in [6.07, 6.45) is 4.90. The van der Waals surface area contributed by atoms with E-state index in [0.29, 0.717) is 6.42 Å². The third kappa shape index (κ3) is 3.23. The average molecular weight is 356 g/mol. The predicted octanol–water partition coefficient (Wildman–Crippen LogP) is 4.56. The van der Waals surface area contributed by atoms with Gasteiger partial charge >= 0.3 is 0 Å². The van der Waals surface area contributed by atoms with E-state index in [9.17, 15) is 4.79 Å². The molecular weight excluding hydrogens is 322 g/mol. The Morgan fingerprint density at radius 1 is 1.19 bits per heavy atom. The van der Waals surface area contributed by atoms with Crippen molar-refractivity contribution in [3.05, 3.63) is 17.3 Å². The van der Waals surface area contributed by atoms with Gasteiger partial charge in [-0.15, -0.1) is 0 Å². The summed E-state index contributed by atoms with van der Waals surface area (Å²) in [5.74, 6) is 4.89. The molecule has 3 aliphatic rings. The number of hydrogen-bond donors (Lipinski definition) is 1. The van der Waals surface area contributed by atoms with Gasteiger partial charge in [0.1, 0.15) is 5.82 Å². The Morgan fingerprint density at radius 2 is 1.81 bits per heavy atom. The van der Waals surface area contributed by atoms with Gasteiger partial charge in [0.15, 0.2) is 0 Å². The van der Waals surface area contributed by atoms with Crippen molar-refractivity contribution in [2.75, 3.05) is 23.3 Å². The van der Waals surface area contributed by atoms with E-state index < -0.39 is 0 Å². The molecule has 0 spiro atoms. The highest BCUT2D eigenvalue weighted by atomic mass is 16.1. The summed E-state index contributed by atoms with van der Waals surface area (Å²) in [7, 11) is 0. The molecule has 4 unspecified atom stereocenters. The number of aromatic nitrogens is 1. The van der Waals surface area contributed by atoms with Crippen molar-refractivity contribution in [2.45, 2.75) is 60.3 Å². The molecule has 2 aliphatic carbocycles. The molecule has 142 valence electrons. The van der Waals surface area contributed by atoms with Crippen molar-refractivity contribution in [2.24, 2.45) is 29.1 Å². The third-order valence-corrected chi connectivity index (χ3v) is 6.80. The van der Waals surface area contributed by atoms with E-state index in [1.165, 1.54) is 32.4 Å². The van der Waals surface area contributed by atoms with Gasteiger partial charge in [0.05, 0.1) is 11.4 Å². The van der Waals surface area contributed by atoms with Crippen molar-refractivity contribution in [1.82, 2.24) is 4.98 Å². The second-order valence-electron chi connectivity index (χ2n) is 10.1. The van der Waals surface area contributed by atoms with Gasteiger partial charge in [0.25, 0.3) is 0 Å². The summed E-state index contributed by atoms with van der Waals surface area (Å²) in [5, 5.41) is 3.10. The zero-order chi connectivity index (χ0) is 18.6. The number of anilines is 2. The van der Waals surface area contributed by atoms with Gasteiger partial charge in [0.2, 0.25) is 5.91 Å². The van der Waals surface area contributed by atoms with Crippen LogP contribution in [0.2, 0.25) is 0 Å². The molecule has 1 aromatic heterocycles. The lowest BCUT2D eigenvalue weighted by Crippen LogP contribution is -2.24. The maximum atomic E-state index is 12.3. The summed E-state index contributed by atoms with van der Waals surface area (Å²) < 4.78 is 0. The van der Waals surface area contributed by atoms with Crippen LogP contribution in [0.25, 0.3) is 0 Å². The molecule has 2 bridgehead atoms. The summed E-state index contributed by atoms with van der Waals surface area (Å²) in [6.45, 7) is 12.7. The average Bonchev–Trinajstić information content (AvgIpc) is 3.20. The van der Waals surface area contributed by atoms with Crippen molar-refractivity contribution in [3.8, 4) is 0 Å². The topological polar surface area (TPSA) is 45.2 Å². The van der Waals surface area contributed by atoms with Gasteiger partial charge in [-0.3, -0.25) is 4.79 Å². The molecule has 4 rings (SSSR count). The molecular formula is C22H33N3O. The molecule has 4 atom stereocenters. The zero-order valence-corrected chi connectivity index (χ0v) is 16.9. The van der Waals surface area contributed by atoms with Crippen LogP contribution in [0.3, 0.4) is 0 Å². The van der Waals surface area contributed by atoms with E-state index in [4.69, 9.17) is 4.98 Å². The molecule has 4 heteroatoms. The Kier molecular flexibility index (Phi) is 4.28. The maximum Gasteiger partial charge on any atom is 0.224 e. The SMILES string of the molecule is Cc1cc(N2CC3C4CCC(C4)C3C2)nc(C)c1NC(=O)CC(C)(C)C. The summed E-state index contributed by atoms with van der Waals surface area (Å²) in [4.78, 5) is 19.7. The van der Waals surface area contributed by atoms with E-state index in [2.05, 4.69) is 44.0 Å². The number of hydrogen-bond acceptors (Lipinski definition) is 3. The quantitative estimate of drug-likeness (QED) is 0.865. The first-order valence-electron chi connectivity index (χ1n) is 10.2. The van der Waals surface area contributed by atoms with Crippen LogP contribution in [0.15, 0.2) is 6.07 Å². The molecule has 0 aromatic carbocycles. The summed E-state index contributed by atoms with van der Waals surface area (Å²) in [6, 6.07) is 2.17. The lowest BCUT2D eigenvalue weighted by molar-refractivity contribution is -0.117. The number of carbonyl (C=O) groups is 1. The summed E-state index contributed by atoms with van der Waals surface area (Å²) >= 11 is 0. The van der Waals surface area contributed by atoms with E-state index in [1.807, 2.05) is 6.92 Å². The number of carbonyl (C=O) groups excluding carboxylic acids is 1. The Hall–Kier alpha value is -1.58. The number of amides is 1. The number of pyridine rings is 1. The predicted molar refractivity (Wildman–Crippen MR) is 106 cm³/mol. The molecule has 2 saturated carbocycles. The monoisotopic (exact) mass is 355 g/mol. The minimum absolute atomic E-state index is 0.00799. The van der Waals surface area contributed by atoms with Gasteiger partial charge in [-0.1, -0.05) is 20.8 Å². The normalized spacial score (nSPS) is 30.0. The standard InChI is InChI=1S/C22H33N3O/c1-13-8-19(23-14(2)21(13)24-20(26)10-22(3,4)5)25-11-17-15-6-7-16(9-15)18(17)12-25/h8,15-18H,6-7,9-12H2,1-5H3,(H,24,26). The Balaban J connectivity index is 1.49. The van der Waals surface area contributed by atoms with Crippen LogP contribution in [0.1, 0.15) is 57.7 Å². The first kappa shape index (κ1) is 17.8. The highest BCUT2D eigenvalue weighted by Gasteiger charge is 2.51. The van der Waals surface area contributed by atoms with Gasteiger partial charge in [-0.2, -0.15) is 0 Å². The van der Waals surface area contributed by atoms with Crippen LogP contribution in [0.5, 0.6) is 0 Å². The molecule has 1 aromatic rings. The number of fused-ring (bicyclic) bond motifs is 5. The van der Waals surface area contributed by atoms with Crippen molar-refractivity contribution >= 4 is 17.4 Å². The molecule has 2 heterocycles. The Morgan fingerprint density at radius 3 is 2.35 bits per heavy atom. The van der Waals surface area contributed by atoms with Crippen LogP contribution >= 0.6 is 0 Å². The van der Waals surface area contributed by atoms with Crippen molar-refractivity contribution in [3.63, 3.8) is 0 Å². The van der Waals surface area contributed by atoms with Gasteiger partial charge in [0, 0.05) is 19.5 Å². The van der Waals surface area contributed by atoms with Crippen LogP contribution in [-0.2, 0) is 4.79 Å².